The van der Waals surface area contributed by atoms with Crippen molar-refractivity contribution in [2.24, 2.45) is 11.7 Å². The minimum absolute atomic E-state index is 0.283. The van der Waals surface area contributed by atoms with E-state index in [1.54, 1.807) is 6.07 Å². The molecule has 0 saturated heterocycles. The van der Waals surface area contributed by atoms with E-state index in [2.05, 4.69) is 0 Å². The molecular formula is C12H17F2N. The lowest BCUT2D eigenvalue weighted by Gasteiger charge is -2.29. The molecule has 0 amide bonds. The molecule has 1 aromatic carbocycles. The quantitative estimate of drug-likeness (QED) is 0.820. The van der Waals surface area contributed by atoms with Crippen LogP contribution in [-0.4, -0.2) is 5.54 Å². The number of hydrogen-bond acceptors (Lipinski definition) is 1. The maximum Gasteiger partial charge on any atom is 0.159 e. The Morgan fingerprint density at radius 3 is 2.33 bits per heavy atom. The fourth-order valence-corrected chi connectivity index (χ4v) is 1.29. The molecule has 1 aromatic rings. The van der Waals surface area contributed by atoms with Crippen LogP contribution in [0.15, 0.2) is 18.2 Å². The first-order chi connectivity index (χ1) is 6.83. The van der Waals surface area contributed by atoms with Crippen molar-refractivity contribution >= 4 is 0 Å². The van der Waals surface area contributed by atoms with Crippen molar-refractivity contribution in [2.45, 2.75) is 32.7 Å². The van der Waals surface area contributed by atoms with Gasteiger partial charge in [-0.25, -0.2) is 8.78 Å². The Balaban J connectivity index is 2.86. The Bertz CT molecular complexity index is 345. The zero-order valence-corrected chi connectivity index (χ0v) is 9.35. The van der Waals surface area contributed by atoms with Crippen LogP contribution in [0, 0.1) is 17.6 Å². The Hall–Kier alpha value is -0.960. The third-order valence-electron chi connectivity index (χ3n) is 2.89. The zero-order chi connectivity index (χ0) is 11.6. The lowest BCUT2D eigenvalue weighted by Crippen LogP contribution is -2.43. The van der Waals surface area contributed by atoms with Gasteiger partial charge >= 0.3 is 0 Å². The van der Waals surface area contributed by atoms with Gasteiger partial charge in [0.25, 0.3) is 0 Å². The molecule has 0 aromatic heterocycles. The van der Waals surface area contributed by atoms with Gasteiger partial charge in [-0.15, -0.1) is 0 Å². The zero-order valence-electron chi connectivity index (χ0n) is 9.35. The summed E-state index contributed by atoms with van der Waals surface area (Å²) >= 11 is 0. The summed E-state index contributed by atoms with van der Waals surface area (Å²) in [7, 11) is 0. The summed E-state index contributed by atoms with van der Waals surface area (Å²) < 4.78 is 25.6. The van der Waals surface area contributed by atoms with Gasteiger partial charge in [0.05, 0.1) is 0 Å². The number of halogens is 2. The van der Waals surface area contributed by atoms with Crippen LogP contribution < -0.4 is 5.73 Å². The fraction of sp³-hybridized carbons (Fsp3) is 0.500. The highest BCUT2D eigenvalue weighted by Crippen LogP contribution is 2.20. The molecule has 84 valence electrons. The molecule has 0 bridgehead atoms. The molecule has 1 atom stereocenters. The van der Waals surface area contributed by atoms with Gasteiger partial charge in [-0.3, -0.25) is 0 Å². The summed E-state index contributed by atoms with van der Waals surface area (Å²) in [4.78, 5) is 0. The van der Waals surface area contributed by atoms with Gasteiger partial charge in [0, 0.05) is 5.54 Å². The third kappa shape index (κ3) is 2.99. The average Bonchev–Trinajstić information content (AvgIpc) is 2.10. The van der Waals surface area contributed by atoms with E-state index in [1.165, 1.54) is 6.07 Å². The molecule has 0 aliphatic rings. The maximum absolute atomic E-state index is 12.9. The second-order valence-corrected chi connectivity index (χ2v) is 4.59. The molecule has 0 heterocycles. The van der Waals surface area contributed by atoms with E-state index in [4.69, 9.17) is 5.73 Å². The molecule has 0 fully saturated rings. The van der Waals surface area contributed by atoms with E-state index in [0.717, 1.165) is 11.6 Å². The van der Waals surface area contributed by atoms with E-state index < -0.39 is 17.2 Å². The molecule has 0 aliphatic heterocycles. The summed E-state index contributed by atoms with van der Waals surface area (Å²) in [6.07, 6.45) is 0.544. The molecule has 2 N–H and O–H groups in total. The first kappa shape index (κ1) is 12.1. The summed E-state index contributed by atoms with van der Waals surface area (Å²) in [5.41, 5.74) is 6.39. The smallest absolute Gasteiger partial charge is 0.159 e. The van der Waals surface area contributed by atoms with E-state index in [1.807, 2.05) is 20.8 Å². The van der Waals surface area contributed by atoms with Crippen LogP contribution in [0.2, 0.25) is 0 Å². The fourth-order valence-electron chi connectivity index (χ4n) is 1.29. The lowest BCUT2D eigenvalue weighted by atomic mass is 9.84. The molecule has 3 heteroatoms. The molecule has 1 rings (SSSR count). The predicted octanol–water partition coefficient (Wildman–Crippen LogP) is 2.88. The van der Waals surface area contributed by atoms with Crippen LogP contribution in [-0.2, 0) is 6.42 Å². The van der Waals surface area contributed by atoms with Gasteiger partial charge in [0.1, 0.15) is 0 Å². The molecule has 0 saturated carbocycles. The van der Waals surface area contributed by atoms with Crippen LogP contribution in [0.3, 0.4) is 0 Å². The van der Waals surface area contributed by atoms with Crippen LogP contribution in [0.4, 0.5) is 8.78 Å². The standard InChI is InChI=1S/C12H17F2N/c1-8(2)12(3,15)7-9-4-5-10(13)11(14)6-9/h4-6,8H,7,15H2,1-3H3. The number of benzene rings is 1. The van der Waals surface area contributed by atoms with Gasteiger partial charge in [-0.05, 0) is 37.0 Å². The minimum Gasteiger partial charge on any atom is -0.325 e. The molecule has 1 nitrogen and oxygen atoms in total. The first-order valence-electron chi connectivity index (χ1n) is 5.06. The summed E-state index contributed by atoms with van der Waals surface area (Å²) in [5, 5.41) is 0. The van der Waals surface area contributed by atoms with Crippen molar-refractivity contribution in [3.63, 3.8) is 0 Å². The van der Waals surface area contributed by atoms with Crippen molar-refractivity contribution in [3.05, 3.63) is 35.4 Å². The Labute approximate surface area is 89.3 Å². The van der Waals surface area contributed by atoms with Gasteiger partial charge in [-0.2, -0.15) is 0 Å². The monoisotopic (exact) mass is 213 g/mol. The van der Waals surface area contributed by atoms with Gasteiger partial charge in [0.15, 0.2) is 11.6 Å². The van der Waals surface area contributed by atoms with Crippen molar-refractivity contribution in [1.82, 2.24) is 0 Å². The number of hydrogen-bond donors (Lipinski definition) is 1. The van der Waals surface area contributed by atoms with Gasteiger partial charge in [0.2, 0.25) is 0 Å². The molecule has 0 spiro atoms. The second-order valence-electron chi connectivity index (χ2n) is 4.59. The molecular weight excluding hydrogens is 196 g/mol. The third-order valence-corrected chi connectivity index (χ3v) is 2.89. The summed E-state index contributed by atoms with van der Waals surface area (Å²) in [5.74, 6) is -1.35. The maximum atomic E-state index is 12.9. The summed E-state index contributed by atoms with van der Waals surface area (Å²) in [6, 6.07) is 3.93. The van der Waals surface area contributed by atoms with E-state index in [-0.39, 0.29) is 5.92 Å². The molecule has 0 radical (unpaired) electrons. The summed E-state index contributed by atoms with van der Waals surface area (Å²) in [6.45, 7) is 5.94. The molecule has 15 heavy (non-hydrogen) atoms. The second kappa shape index (κ2) is 4.27. The topological polar surface area (TPSA) is 26.0 Å². The minimum atomic E-state index is -0.818. The average molecular weight is 213 g/mol. The number of rotatable bonds is 3. The Morgan fingerprint density at radius 2 is 1.87 bits per heavy atom. The van der Waals surface area contributed by atoms with Crippen molar-refractivity contribution in [1.29, 1.82) is 0 Å². The Kier molecular flexibility index (Phi) is 3.45. The van der Waals surface area contributed by atoms with Gasteiger partial charge < -0.3 is 5.73 Å². The normalized spacial score (nSPS) is 15.4. The predicted molar refractivity (Wildman–Crippen MR) is 57.5 cm³/mol. The van der Waals surface area contributed by atoms with Crippen molar-refractivity contribution < 1.29 is 8.78 Å². The highest BCUT2D eigenvalue weighted by Gasteiger charge is 2.23. The van der Waals surface area contributed by atoms with Gasteiger partial charge in [-0.1, -0.05) is 19.9 Å². The van der Waals surface area contributed by atoms with Crippen LogP contribution in [0.1, 0.15) is 26.3 Å². The van der Waals surface area contributed by atoms with E-state index in [0.29, 0.717) is 6.42 Å². The number of nitrogens with two attached hydrogens (primary N) is 1. The largest absolute Gasteiger partial charge is 0.325 e. The van der Waals surface area contributed by atoms with Crippen molar-refractivity contribution in [2.75, 3.05) is 0 Å². The highest BCUT2D eigenvalue weighted by molar-refractivity contribution is 5.20. The van der Waals surface area contributed by atoms with Crippen LogP contribution in [0.25, 0.3) is 0 Å². The lowest BCUT2D eigenvalue weighted by molar-refractivity contribution is 0.337. The molecule has 0 aliphatic carbocycles. The Morgan fingerprint density at radius 1 is 1.27 bits per heavy atom. The van der Waals surface area contributed by atoms with E-state index in [9.17, 15) is 8.78 Å². The van der Waals surface area contributed by atoms with Crippen LogP contribution in [0.5, 0.6) is 0 Å². The van der Waals surface area contributed by atoms with E-state index >= 15 is 0 Å². The first-order valence-corrected chi connectivity index (χ1v) is 5.06. The SMILES string of the molecule is CC(C)C(C)(N)Cc1ccc(F)c(F)c1. The van der Waals surface area contributed by atoms with Crippen molar-refractivity contribution in [3.8, 4) is 0 Å². The highest BCUT2D eigenvalue weighted by atomic mass is 19.2. The van der Waals surface area contributed by atoms with Crippen LogP contribution >= 0.6 is 0 Å². The molecule has 1 unspecified atom stereocenters.